The zero-order valence-corrected chi connectivity index (χ0v) is 18.6. The molecule has 1 saturated heterocycles. The molecule has 0 saturated carbocycles. The summed E-state index contributed by atoms with van der Waals surface area (Å²) < 4.78 is 24.7. The molecule has 1 unspecified atom stereocenters. The molecule has 1 atom stereocenters. The molecular weight excluding hydrogens is 458 g/mol. The van der Waals surface area contributed by atoms with Gasteiger partial charge >= 0.3 is 6.01 Å². The molecule has 1 amide bonds. The van der Waals surface area contributed by atoms with E-state index in [4.69, 9.17) is 32.4 Å². The maximum absolute atomic E-state index is 13.5. The van der Waals surface area contributed by atoms with Gasteiger partial charge in [0.2, 0.25) is 5.89 Å². The lowest BCUT2D eigenvalue weighted by atomic mass is 10.1. The lowest BCUT2D eigenvalue weighted by molar-refractivity contribution is -0.123. The van der Waals surface area contributed by atoms with E-state index in [9.17, 15) is 9.18 Å². The van der Waals surface area contributed by atoms with Crippen LogP contribution in [0, 0.1) is 5.82 Å². The van der Waals surface area contributed by atoms with Crippen molar-refractivity contribution in [2.24, 2.45) is 0 Å². The van der Waals surface area contributed by atoms with Crippen molar-refractivity contribution >= 4 is 35.1 Å². The van der Waals surface area contributed by atoms with Crippen LogP contribution < -0.4 is 15.0 Å². The van der Waals surface area contributed by atoms with Crippen LogP contribution in [0.1, 0.15) is 19.3 Å². The van der Waals surface area contributed by atoms with Crippen LogP contribution in [0.3, 0.4) is 0 Å². The molecule has 1 fully saturated rings. The molecular formula is C22H21Cl2FN4O3. The number of aromatic nitrogens is 2. The van der Waals surface area contributed by atoms with Crippen LogP contribution >= 0.6 is 23.2 Å². The van der Waals surface area contributed by atoms with E-state index in [-0.39, 0.29) is 29.3 Å². The number of ether oxygens (including phenoxy) is 1. The average molecular weight is 479 g/mol. The molecule has 1 N–H and O–H groups in total. The summed E-state index contributed by atoms with van der Waals surface area (Å²) in [5, 5.41) is 11.9. The highest BCUT2D eigenvalue weighted by Crippen LogP contribution is 2.25. The summed E-state index contributed by atoms with van der Waals surface area (Å²) in [6.45, 7) is 1.21. The van der Waals surface area contributed by atoms with Crippen LogP contribution in [0.2, 0.25) is 10.0 Å². The molecule has 10 heteroatoms. The summed E-state index contributed by atoms with van der Waals surface area (Å²) >= 11 is 11.6. The molecule has 0 radical (unpaired) electrons. The Bertz CT molecular complexity index is 1080. The van der Waals surface area contributed by atoms with E-state index >= 15 is 0 Å². The van der Waals surface area contributed by atoms with Gasteiger partial charge in [0.05, 0.1) is 5.02 Å². The number of anilines is 1. The topological polar surface area (TPSA) is 80.5 Å². The number of benzene rings is 2. The van der Waals surface area contributed by atoms with Gasteiger partial charge in [-0.3, -0.25) is 4.79 Å². The normalized spacial score (nSPS) is 16.5. The van der Waals surface area contributed by atoms with E-state index in [0.29, 0.717) is 23.5 Å². The standard InChI is InChI=1S/C22H21Cl2FN4O3/c23-15-5-3-14(4-6-15)21-27-28-22(32-21)29-10-1-2-16(9-11-29)26-20(30)13-31-17-7-8-18(24)19(25)12-17/h3-8,12,16H,1-2,9-11,13H2,(H,26,30). The van der Waals surface area contributed by atoms with E-state index in [1.165, 1.54) is 12.1 Å². The SMILES string of the molecule is O=C(COc1ccc(Cl)c(F)c1)NC1CCCN(c2nnc(-c3ccc(Cl)cc3)o2)CC1. The Kier molecular flexibility index (Phi) is 7.12. The second-order valence-corrected chi connectivity index (χ2v) is 8.29. The van der Waals surface area contributed by atoms with Crippen LogP contribution in [0.4, 0.5) is 10.4 Å². The van der Waals surface area contributed by atoms with Crippen LogP contribution in [0.15, 0.2) is 46.9 Å². The summed E-state index contributed by atoms with van der Waals surface area (Å²) in [5.74, 6) is -0.168. The van der Waals surface area contributed by atoms with Gasteiger partial charge in [0.1, 0.15) is 11.6 Å². The number of nitrogens with one attached hydrogen (secondary N) is 1. The minimum atomic E-state index is -0.589. The van der Waals surface area contributed by atoms with Crippen molar-refractivity contribution in [2.75, 3.05) is 24.6 Å². The van der Waals surface area contributed by atoms with Crippen molar-refractivity contribution in [1.82, 2.24) is 15.5 Å². The number of amides is 1. The van der Waals surface area contributed by atoms with Gasteiger partial charge in [0.15, 0.2) is 6.61 Å². The highest BCUT2D eigenvalue weighted by atomic mass is 35.5. The zero-order valence-electron chi connectivity index (χ0n) is 17.1. The molecule has 32 heavy (non-hydrogen) atoms. The van der Waals surface area contributed by atoms with E-state index in [1.807, 2.05) is 17.0 Å². The molecule has 2 heterocycles. The van der Waals surface area contributed by atoms with Gasteiger partial charge in [-0.15, -0.1) is 5.10 Å². The second-order valence-electron chi connectivity index (χ2n) is 7.44. The molecule has 1 aliphatic heterocycles. The molecule has 4 rings (SSSR count). The maximum Gasteiger partial charge on any atom is 0.318 e. The Morgan fingerprint density at radius 2 is 1.97 bits per heavy atom. The van der Waals surface area contributed by atoms with Crippen molar-refractivity contribution < 1.29 is 18.3 Å². The maximum atomic E-state index is 13.5. The van der Waals surface area contributed by atoms with Gasteiger partial charge in [-0.25, -0.2) is 4.39 Å². The van der Waals surface area contributed by atoms with Crippen molar-refractivity contribution in [1.29, 1.82) is 0 Å². The number of halogens is 3. The molecule has 7 nitrogen and oxygen atoms in total. The monoisotopic (exact) mass is 478 g/mol. The number of nitrogens with zero attached hydrogens (tertiary/aromatic N) is 3. The van der Waals surface area contributed by atoms with Crippen LogP contribution in [-0.4, -0.2) is 41.8 Å². The number of rotatable bonds is 6. The number of hydrogen-bond donors (Lipinski definition) is 1. The molecule has 1 aliphatic rings. The fraction of sp³-hybridized carbons (Fsp3) is 0.318. The Morgan fingerprint density at radius 1 is 1.16 bits per heavy atom. The van der Waals surface area contributed by atoms with Crippen molar-refractivity contribution in [2.45, 2.75) is 25.3 Å². The quantitative estimate of drug-likeness (QED) is 0.551. The third-order valence-corrected chi connectivity index (χ3v) is 5.69. The van der Waals surface area contributed by atoms with Crippen LogP contribution in [0.5, 0.6) is 5.75 Å². The highest BCUT2D eigenvalue weighted by molar-refractivity contribution is 6.31. The summed E-state index contributed by atoms with van der Waals surface area (Å²) in [5.41, 5.74) is 0.800. The van der Waals surface area contributed by atoms with Crippen molar-refractivity contribution in [3.8, 4) is 17.2 Å². The van der Waals surface area contributed by atoms with E-state index in [0.717, 1.165) is 37.4 Å². The van der Waals surface area contributed by atoms with Gasteiger partial charge in [-0.1, -0.05) is 28.3 Å². The molecule has 0 bridgehead atoms. The first-order valence-corrected chi connectivity index (χ1v) is 10.9. The van der Waals surface area contributed by atoms with E-state index in [1.54, 1.807) is 12.1 Å². The predicted molar refractivity (Wildman–Crippen MR) is 120 cm³/mol. The molecule has 1 aromatic heterocycles. The average Bonchev–Trinajstić information content (AvgIpc) is 3.16. The fourth-order valence-electron chi connectivity index (χ4n) is 3.47. The van der Waals surface area contributed by atoms with Gasteiger partial charge in [0.25, 0.3) is 5.91 Å². The third kappa shape index (κ3) is 5.69. The summed E-state index contributed by atoms with van der Waals surface area (Å²) in [6.07, 6.45) is 2.39. The minimum absolute atomic E-state index is 0.00305. The van der Waals surface area contributed by atoms with Gasteiger partial charge in [-0.05, 0) is 55.7 Å². The van der Waals surface area contributed by atoms with Crippen LogP contribution in [0.25, 0.3) is 11.5 Å². The van der Waals surface area contributed by atoms with Crippen LogP contribution in [-0.2, 0) is 4.79 Å². The van der Waals surface area contributed by atoms with E-state index < -0.39 is 5.82 Å². The second kappa shape index (κ2) is 10.2. The fourth-order valence-corrected chi connectivity index (χ4v) is 3.71. The molecule has 0 spiro atoms. The highest BCUT2D eigenvalue weighted by Gasteiger charge is 2.22. The number of hydrogen-bond acceptors (Lipinski definition) is 6. The first-order valence-electron chi connectivity index (χ1n) is 10.2. The summed E-state index contributed by atoms with van der Waals surface area (Å²) in [6, 6.07) is 11.7. The lowest BCUT2D eigenvalue weighted by Crippen LogP contribution is -2.38. The third-order valence-electron chi connectivity index (χ3n) is 5.13. The number of carbonyl (C=O) groups excluding carboxylic acids is 1. The number of carbonyl (C=O) groups is 1. The van der Waals surface area contributed by atoms with Crippen molar-refractivity contribution in [3.05, 3.63) is 58.3 Å². The first-order chi connectivity index (χ1) is 15.5. The summed E-state index contributed by atoms with van der Waals surface area (Å²) in [4.78, 5) is 14.3. The molecule has 168 valence electrons. The molecule has 3 aromatic rings. The Hall–Kier alpha value is -2.84. The minimum Gasteiger partial charge on any atom is -0.484 e. The predicted octanol–water partition coefficient (Wildman–Crippen LogP) is 4.74. The van der Waals surface area contributed by atoms with E-state index in [2.05, 4.69) is 15.5 Å². The Balaban J connectivity index is 1.28. The van der Waals surface area contributed by atoms with Gasteiger partial charge < -0.3 is 19.4 Å². The van der Waals surface area contributed by atoms with Gasteiger partial charge in [0, 0.05) is 35.8 Å². The smallest absolute Gasteiger partial charge is 0.318 e. The summed E-state index contributed by atoms with van der Waals surface area (Å²) in [7, 11) is 0. The van der Waals surface area contributed by atoms with Crippen molar-refractivity contribution in [3.63, 3.8) is 0 Å². The Morgan fingerprint density at radius 3 is 2.75 bits per heavy atom. The first kappa shape index (κ1) is 22.4. The zero-order chi connectivity index (χ0) is 22.5. The lowest BCUT2D eigenvalue weighted by Gasteiger charge is -2.18. The molecule has 0 aliphatic carbocycles. The molecule has 2 aromatic carbocycles. The Labute approximate surface area is 194 Å². The van der Waals surface area contributed by atoms with Gasteiger partial charge in [-0.2, -0.15) is 0 Å². The largest absolute Gasteiger partial charge is 0.484 e.